The molecule has 0 aromatic heterocycles. The van der Waals surface area contributed by atoms with Crippen LogP contribution in [0.2, 0.25) is 0 Å². The van der Waals surface area contributed by atoms with Gasteiger partial charge in [0.1, 0.15) is 19.4 Å². The molecule has 0 aliphatic carbocycles. The van der Waals surface area contributed by atoms with E-state index in [1.165, 1.54) is 0 Å². The lowest BCUT2D eigenvalue weighted by Crippen LogP contribution is -1.85. The highest BCUT2D eigenvalue weighted by molar-refractivity contribution is 6.23. The van der Waals surface area contributed by atoms with Crippen LogP contribution in [0, 0.1) is 0 Å². The Balaban J connectivity index is 4.17. The van der Waals surface area contributed by atoms with E-state index in [4.69, 9.17) is 18.1 Å². The van der Waals surface area contributed by atoms with E-state index in [0.717, 1.165) is 6.08 Å². The molecule has 0 spiro atoms. The molecule has 0 fully saturated rings. The molecule has 2 nitrogen and oxygen atoms in total. The van der Waals surface area contributed by atoms with Crippen molar-refractivity contribution in [2.75, 3.05) is 0 Å². The van der Waals surface area contributed by atoms with E-state index in [9.17, 15) is 0 Å². The van der Waals surface area contributed by atoms with E-state index in [2.05, 4.69) is 13.2 Å². The largest absolute Gasteiger partial charge is 0.508 e. The Bertz CT molecular complexity index is 170. The van der Waals surface area contributed by atoms with Crippen LogP contribution in [0.1, 0.15) is 0 Å². The third-order valence-electron chi connectivity index (χ3n) is 0.632. The van der Waals surface area contributed by atoms with Gasteiger partial charge in [0.05, 0.1) is 0 Å². The van der Waals surface area contributed by atoms with Crippen molar-refractivity contribution in [2.45, 2.75) is 0 Å². The molecule has 46 valence electrons. The normalized spacial score (nSPS) is 10.9. The molecule has 0 unspecified atom stereocenters. The van der Waals surface area contributed by atoms with Crippen LogP contribution in [0.4, 0.5) is 0 Å². The van der Waals surface area contributed by atoms with Crippen LogP contribution in [-0.2, 0) is 0 Å². The first-order valence-corrected chi connectivity index (χ1v) is 2.27. The summed E-state index contributed by atoms with van der Waals surface area (Å²) in [5, 5.41) is 17.2. The summed E-state index contributed by atoms with van der Waals surface area (Å²) in [6.07, 6.45) is 1.02. The van der Waals surface area contributed by atoms with Gasteiger partial charge in [0.2, 0.25) is 0 Å². The van der Waals surface area contributed by atoms with Crippen LogP contribution in [-0.4, -0.2) is 18.1 Å². The minimum absolute atomic E-state index is 0.00481. The lowest BCUT2D eigenvalue weighted by Gasteiger charge is -1.94. The second-order valence-electron chi connectivity index (χ2n) is 1.55. The van der Waals surface area contributed by atoms with Gasteiger partial charge in [0.25, 0.3) is 0 Å². The van der Waals surface area contributed by atoms with E-state index >= 15 is 0 Å². The third-order valence-corrected chi connectivity index (χ3v) is 0.632. The third kappa shape index (κ3) is 3.47. The van der Waals surface area contributed by atoms with Crippen molar-refractivity contribution in [3.05, 3.63) is 36.2 Å². The zero-order chi connectivity index (χ0) is 7.44. The van der Waals surface area contributed by atoms with Gasteiger partial charge in [-0.05, 0) is 0 Å². The molecule has 0 rings (SSSR count). The number of allylic oxidation sites excluding steroid dienone is 2. The molecular formula is C6H7BO2. The molecule has 0 aliphatic rings. The van der Waals surface area contributed by atoms with E-state index in [1.54, 1.807) is 0 Å². The molecule has 0 aromatic rings. The molecule has 0 saturated heterocycles. The minimum atomic E-state index is -0.262. The maximum absolute atomic E-state index is 8.71. The quantitative estimate of drug-likeness (QED) is 0.328. The molecule has 0 aromatic carbocycles. The Morgan fingerprint density at radius 1 is 1.33 bits per heavy atom. The second-order valence-corrected chi connectivity index (χ2v) is 1.55. The predicted molar refractivity (Wildman–Crippen MR) is 37.4 cm³/mol. The Hall–Kier alpha value is -1.12. The van der Waals surface area contributed by atoms with Gasteiger partial charge in [0.15, 0.2) is 0 Å². The van der Waals surface area contributed by atoms with Crippen LogP contribution in [0.15, 0.2) is 36.2 Å². The van der Waals surface area contributed by atoms with Crippen molar-refractivity contribution in [1.29, 1.82) is 0 Å². The fourth-order valence-electron chi connectivity index (χ4n) is 0.251. The van der Waals surface area contributed by atoms with Crippen molar-refractivity contribution in [3.63, 3.8) is 0 Å². The second kappa shape index (κ2) is 3.02. The smallest absolute Gasteiger partial charge is 0.118 e. The van der Waals surface area contributed by atoms with Crippen LogP contribution in [0.25, 0.3) is 0 Å². The predicted octanol–water partition coefficient (Wildman–Crippen LogP) is 1.18. The highest BCUT2D eigenvalue weighted by Crippen LogP contribution is 2.00. The summed E-state index contributed by atoms with van der Waals surface area (Å²) < 4.78 is 0. The highest BCUT2D eigenvalue weighted by atomic mass is 16.3. The van der Waals surface area contributed by atoms with Crippen molar-refractivity contribution in [3.8, 4) is 0 Å². The number of rotatable bonds is 2. The molecule has 0 saturated carbocycles. The highest BCUT2D eigenvalue weighted by Gasteiger charge is 1.90. The topological polar surface area (TPSA) is 40.5 Å². The van der Waals surface area contributed by atoms with Gasteiger partial charge in [-0.1, -0.05) is 12.1 Å². The molecule has 0 heterocycles. The Morgan fingerprint density at radius 2 is 1.78 bits per heavy atom. The fourth-order valence-corrected chi connectivity index (χ4v) is 0.251. The maximum atomic E-state index is 8.71. The molecule has 9 heavy (non-hydrogen) atoms. The molecule has 0 bridgehead atoms. The Labute approximate surface area is 55.2 Å². The number of hydrogen-bond acceptors (Lipinski definition) is 2. The van der Waals surface area contributed by atoms with E-state index in [1.807, 2.05) is 0 Å². The lowest BCUT2D eigenvalue weighted by molar-refractivity contribution is 0.404. The van der Waals surface area contributed by atoms with Gasteiger partial charge in [-0.25, -0.2) is 0 Å². The summed E-state index contributed by atoms with van der Waals surface area (Å²) >= 11 is 0. The van der Waals surface area contributed by atoms with E-state index < -0.39 is 0 Å². The molecule has 2 N–H and O–H groups in total. The Morgan fingerprint density at radius 3 is 1.89 bits per heavy atom. The summed E-state index contributed by atoms with van der Waals surface area (Å²) in [5.41, 5.74) is 0.00481. The Kier molecular flexibility index (Phi) is 2.65. The summed E-state index contributed by atoms with van der Waals surface area (Å²) in [6, 6.07) is 0. The first kappa shape index (κ1) is 7.88. The van der Waals surface area contributed by atoms with Gasteiger partial charge < -0.3 is 10.2 Å². The summed E-state index contributed by atoms with van der Waals surface area (Å²) in [7, 11) is 5.02. The van der Waals surface area contributed by atoms with Crippen LogP contribution >= 0.6 is 0 Å². The van der Waals surface area contributed by atoms with Crippen molar-refractivity contribution in [2.24, 2.45) is 0 Å². The number of aliphatic hydroxyl groups excluding tert-OH is 2. The van der Waals surface area contributed by atoms with Gasteiger partial charge >= 0.3 is 0 Å². The van der Waals surface area contributed by atoms with Gasteiger partial charge in [0, 0.05) is 6.08 Å². The van der Waals surface area contributed by atoms with E-state index in [-0.39, 0.29) is 17.0 Å². The van der Waals surface area contributed by atoms with Crippen LogP contribution < -0.4 is 0 Å². The summed E-state index contributed by atoms with van der Waals surface area (Å²) in [5.74, 6) is -0.512. The first-order chi connectivity index (χ1) is 4.04. The molecule has 0 amide bonds. The number of aliphatic hydroxyl groups is 2. The maximum Gasteiger partial charge on any atom is 0.118 e. The summed E-state index contributed by atoms with van der Waals surface area (Å²) in [4.78, 5) is 0. The average molecular weight is 122 g/mol. The van der Waals surface area contributed by atoms with Crippen molar-refractivity contribution < 1.29 is 10.2 Å². The SMILES string of the molecule is [B]C(=C)/C(O)=C\C(=C)O. The van der Waals surface area contributed by atoms with Gasteiger partial charge in [-0.2, -0.15) is 0 Å². The monoisotopic (exact) mass is 122 g/mol. The molecule has 0 atom stereocenters. The average Bonchev–Trinajstić information content (AvgIpc) is 1.63. The van der Waals surface area contributed by atoms with Crippen molar-refractivity contribution in [1.82, 2.24) is 0 Å². The fraction of sp³-hybridized carbons (Fsp3) is 0. The molecular weight excluding hydrogens is 115 g/mol. The minimum Gasteiger partial charge on any atom is -0.508 e. The summed E-state index contributed by atoms with van der Waals surface area (Å²) in [6.45, 7) is 6.32. The number of hydrogen-bond donors (Lipinski definition) is 2. The van der Waals surface area contributed by atoms with Crippen LogP contribution in [0.5, 0.6) is 0 Å². The van der Waals surface area contributed by atoms with Crippen molar-refractivity contribution >= 4 is 7.85 Å². The van der Waals surface area contributed by atoms with E-state index in [0.29, 0.717) is 0 Å². The molecule has 3 heteroatoms. The van der Waals surface area contributed by atoms with Gasteiger partial charge in [-0.3, -0.25) is 0 Å². The molecule has 0 aliphatic heterocycles. The zero-order valence-corrected chi connectivity index (χ0v) is 4.96. The zero-order valence-electron chi connectivity index (χ0n) is 4.96. The molecule has 2 radical (unpaired) electrons. The van der Waals surface area contributed by atoms with Gasteiger partial charge in [-0.15, -0.1) is 6.58 Å². The van der Waals surface area contributed by atoms with Crippen LogP contribution in [0.3, 0.4) is 0 Å². The standard InChI is InChI=1S/C6H7BO2/c1-4(8)3-6(9)5(2)7/h3,8-9H,1-2H2/b6-3+. The first-order valence-electron chi connectivity index (χ1n) is 2.27. The lowest BCUT2D eigenvalue weighted by atomic mass is 9.96.